The van der Waals surface area contributed by atoms with Crippen LogP contribution < -0.4 is 21.1 Å². The molecule has 0 aromatic heterocycles. The van der Waals surface area contributed by atoms with Gasteiger partial charge in [0, 0.05) is 19.2 Å². The molecule has 2 aromatic rings. The number of aliphatic imine (C=N–C) groups is 1. The highest BCUT2D eigenvalue weighted by molar-refractivity contribution is 5.93. The van der Waals surface area contributed by atoms with Gasteiger partial charge in [-0.05, 0) is 35.4 Å². The number of ether oxygens (including phenoxy) is 1. The van der Waals surface area contributed by atoms with Gasteiger partial charge in [0.2, 0.25) is 0 Å². The Morgan fingerprint density at radius 2 is 1.67 bits per heavy atom. The molecule has 27 heavy (non-hydrogen) atoms. The van der Waals surface area contributed by atoms with Gasteiger partial charge < -0.3 is 21.1 Å². The molecule has 0 heterocycles. The van der Waals surface area contributed by atoms with Crippen LogP contribution in [0.3, 0.4) is 0 Å². The fourth-order valence-electron chi connectivity index (χ4n) is 2.14. The van der Waals surface area contributed by atoms with E-state index in [0.29, 0.717) is 17.7 Å². The molecule has 0 aliphatic heterocycles. The summed E-state index contributed by atoms with van der Waals surface area (Å²) in [6.45, 7) is 0.627. The Morgan fingerprint density at radius 1 is 1.07 bits per heavy atom. The number of carbonyl (C=O) groups is 1. The second-order valence-corrected chi connectivity index (χ2v) is 5.52. The van der Waals surface area contributed by atoms with Crippen LogP contribution >= 0.6 is 0 Å². The molecule has 0 saturated carbocycles. The molecule has 0 aliphatic rings. The average Bonchev–Trinajstić information content (AvgIpc) is 2.64. The van der Waals surface area contributed by atoms with E-state index in [1.807, 2.05) is 0 Å². The van der Waals surface area contributed by atoms with E-state index < -0.39 is 6.36 Å². The van der Waals surface area contributed by atoms with E-state index in [9.17, 15) is 18.0 Å². The number of nitrogens with two attached hydrogens (primary N) is 1. The normalized spacial score (nSPS) is 11.8. The Balaban J connectivity index is 1.84. The molecule has 0 atom stereocenters. The highest BCUT2D eigenvalue weighted by atomic mass is 19.4. The standard InChI is InChI=1S/C18H19F3N4O2/c1-23-16(26)14-6-2-12(3-7-14)10-24-17(22)25-11-13-4-8-15(9-5-13)27-18(19,20)21/h2-9H,10-11H2,1H3,(H,23,26)(H3,22,24,25). The number of nitrogens with zero attached hydrogens (tertiary/aromatic N) is 1. The maximum Gasteiger partial charge on any atom is 0.573 e. The van der Waals surface area contributed by atoms with Crippen LogP contribution in [0.1, 0.15) is 21.5 Å². The molecular formula is C18H19F3N4O2. The fourth-order valence-corrected chi connectivity index (χ4v) is 2.14. The zero-order chi connectivity index (χ0) is 19.9. The summed E-state index contributed by atoms with van der Waals surface area (Å²) in [6, 6.07) is 12.4. The fraction of sp³-hybridized carbons (Fsp3) is 0.222. The average molecular weight is 380 g/mol. The predicted octanol–water partition coefficient (Wildman–Crippen LogP) is 2.55. The second kappa shape index (κ2) is 8.93. The van der Waals surface area contributed by atoms with Gasteiger partial charge in [0.25, 0.3) is 5.91 Å². The molecule has 0 radical (unpaired) electrons. The molecule has 6 nitrogen and oxygen atoms in total. The first-order valence-electron chi connectivity index (χ1n) is 7.96. The van der Waals surface area contributed by atoms with Crippen molar-refractivity contribution in [3.63, 3.8) is 0 Å². The number of rotatable bonds is 6. The lowest BCUT2D eigenvalue weighted by atomic mass is 10.1. The zero-order valence-electron chi connectivity index (χ0n) is 14.5. The summed E-state index contributed by atoms with van der Waals surface area (Å²) in [6.07, 6.45) is -4.72. The number of nitrogens with one attached hydrogen (secondary N) is 2. The summed E-state index contributed by atoms with van der Waals surface area (Å²) >= 11 is 0. The van der Waals surface area contributed by atoms with E-state index in [2.05, 4.69) is 20.4 Å². The lowest BCUT2D eigenvalue weighted by Gasteiger charge is -2.09. The zero-order valence-corrected chi connectivity index (χ0v) is 14.5. The van der Waals surface area contributed by atoms with E-state index in [1.165, 1.54) is 24.3 Å². The molecule has 0 bridgehead atoms. The number of amides is 1. The molecule has 0 fully saturated rings. The first-order chi connectivity index (χ1) is 12.8. The summed E-state index contributed by atoms with van der Waals surface area (Å²) in [5.41, 5.74) is 7.94. The first-order valence-corrected chi connectivity index (χ1v) is 7.96. The van der Waals surface area contributed by atoms with E-state index in [1.54, 1.807) is 31.3 Å². The Morgan fingerprint density at radius 3 is 2.22 bits per heavy atom. The molecule has 0 aliphatic carbocycles. The molecule has 144 valence electrons. The summed E-state index contributed by atoms with van der Waals surface area (Å²) < 4.78 is 40.1. The van der Waals surface area contributed by atoms with Gasteiger partial charge >= 0.3 is 6.36 Å². The van der Waals surface area contributed by atoms with Crippen LogP contribution in [0.25, 0.3) is 0 Å². The number of alkyl halides is 3. The number of hydrogen-bond acceptors (Lipinski definition) is 3. The van der Waals surface area contributed by atoms with Crippen molar-refractivity contribution in [2.24, 2.45) is 10.7 Å². The van der Waals surface area contributed by atoms with Gasteiger partial charge in [0.05, 0.1) is 6.54 Å². The third-order valence-corrected chi connectivity index (χ3v) is 3.51. The van der Waals surface area contributed by atoms with Crippen molar-refractivity contribution < 1.29 is 22.7 Å². The van der Waals surface area contributed by atoms with Gasteiger partial charge in [-0.25, -0.2) is 4.99 Å². The SMILES string of the molecule is CNC(=O)c1ccc(CNC(N)=NCc2ccc(OC(F)(F)F)cc2)cc1. The minimum absolute atomic E-state index is 0.165. The van der Waals surface area contributed by atoms with Crippen molar-refractivity contribution in [2.75, 3.05) is 7.05 Å². The van der Waals surface area contributed by atoms with Gasteiger partial charge in [-0.3, -0.25) is 4.79 Å². The van der Waals surface area contributed by atoms with Crippen molar-refractivity contribution in [3.8, 4) is 5.75 Å². The van der Waals surface area contributed by atoms with Crippen LogP contribution in [0.5, 0.6) is 5.75 Å². The number of guanidine groups is 1. The molecule has 2 rings (SSSR count). The highest BCUT2D eigenvalue weighted by Gasteiger charge is 2.30. The van der Waals surface area contributed by atoms with Gasteiger partial charge in [-0.2, -0.15) is 0 Å². The third kappa shape index (κ3) is 6.89. The quantitative estimate of drug-likeness (QED) is 0.531. The number of carbonyl (C=O) groups excluding carboxylic acids is 1. The first kappa shape index (κ1) is 20.1. The van der Waals surface area contributed by atoms with Crippen molar-refractivity contribution in [2.45, 2.75) is 19.5 Å². The molecule has 1 amide bonds. The van der Waals surface area contributed by atoms with Crippen molar-refractivity contribution in [1.82, 2.24) is 10.6 Å². The van der Waals surface area contributed by atoms with Crippen LogP contribution in [0, 0.1) is 0 Å². The maximum absolute atomic E-state index is 12.1. The summed E-state index contributed by atoms with van der Waals surface area (Å²) in [5, 5.41) is 5.47. The molecule has 9 heteroatoms. The van der Waals surface area contributed by atoms with E-state index in [-0.39, 0.29) is 24.2 Å². The van der Waals surface area contributed by atoms with Gasteiger partial charge in [-0.1, -0.05) is 24.3 Å². The Kier molecular flexibility index (Phi) is 6.64. The van der Waals surface area contributed by atoms with Gasteiger partial charge in [0.15, 0.2) is 5.96 Å². The van der Waals surface area contributed by atoms with Crippen LogP contribution in [0.2, 0.25) is 0 Å². The molecular weight excluding hydrogens is 361 g/mol. The number of halogens is 3. The predicted molar refractivity (Wildman–Crippen MR) is 95.1 cm³/mol. The molecule has 0 spiro atoms. The van der Waals surface area contributed by atoms with Gasteiger partial charge in [-0.15, -0.1) is 13.2 Å². The number of hydrogen-bond donors (Lipinski definition) is 3. The lowest BCUT2D eigenvalue weighted by molar-refractivity contribution is -0.274. The van der Waals surface area contributed by atoms with E-state index in [4.69, 9.17) is 5.73 Å². The van der Waals surface area contributed by atoms with Crippen LogP contribution in [0.4, 0.5) is 13.2 Å². The molecule has 4 N–H and O–H groups in total. The summed E-state index contributed by atoms with van der Waals surface area (Å²) in [5.74, 6) is -0.259. The van der Waals surface area contributed by atoms with Gasteiger partial charge in [0.1, 0.15) is 5.75 Å². The van der Waals surface area contributed by atoms with Crippen molar-refractivity contribution >= 4 is 11.9 Å². The van der Waals surface area contributed by atoms with Crippen LogP contribution in [-0.2, 0) is 13.1 Å². The second-order valence-electron chi connectivity index (χ2n) is 5.52. The lowest BCUT2D eigenvalue weighted by Crippen LogP contribution is -2.31. The topological polar surface area (TPSA) is 88.7 Å². The largest absolute Gasteiger partial charge is 0.573 e. The minimum Gasteiger partial charge on any atom is -0.406 e. The summed E-state index contributed by atoms with van der Waals surface area (Å²) in [4.78, 5) is 15.6. The monoisotopic (exact) mass is 380 g/mol. The van der Waals surface area contributed by atoms with Crippen LogP contribution in [0.15, 0.2) is 53.5 Å². The Bertz CT molecular complexity index is 788. The minimum atomic E-state index is -4.72. The highest BCUT2D eigenvalue weighted by Crippen LogP contribution is 2.22. The smallest absolute Gasteiger partial charge is 0.406 e. The molecule has 2 aromatic carbocycles. The van der Waals surface area contributed by atoms with E-state index >= 15 is 0 Å². The van der Waals surface area contributed by atoms with Crippen molar-refractivity contribution in [3.05, 3.63) is 65.2 Å². The Labute approximate surface area is 154 Å². The molecule has 0 unspecified atom stereocenters. The van der Waals surface area contributed by atoms with E-state index in [0.717, 1.165) is 5.56 Å². The van der Waals surface area contributed by atoms with Crippen molar-refractivity contribution in [1.29, 1.82) is 0 Å². The Hall–Kier alpha value is -3.23. The number of benzene rings is 2. The molecule has 0 saturated heterocycles. The third-order valence-electron chi connectivity index (χ3n) is 3.51. The maximum atomic E-state index is 12.1. The van der Waals surface area contributed by atoms with Crippen LogP contribution in [-0.4, -0.2) is 25.3 Å². The summed E-state index contributed by atoms with van der Waals surface area (Å²) in [7, 11) is 1.56.